The molecule has 0 aromatic heterocycles. The van der Waals surface area contributed by atoms with E-state index in [1.807, 2.05) is 0 Å². The van der Waals surface area contributed by atoms with Gasteiger partial charge in [-0.05, 0) is 48.5 Å². The van der Waals surface area contributed by atoms with Gasteiger partial charge in [0.25, 0.3) is 11.8 Å². The number of halogens is 1. The SMILES string of the molecule is O=C(Nc1ccc2c(c1)OCO2)c1ccc(C(=O)Nc2ccccc2Cl)cc1. The lowest BCUT2D eigenvalue weighted by Gasteiger charge is -2.09. The van der Waals surface area contributed by atoms with E-state index in [9.17, 15) is 9.59 Å². The molecule has 1 heterocycles. The fourth-order valence-electron chi connectivity index (χ4n) is 2.71. The normalized spacial score (nSPS) is 11.8. The molecule has 0 saturated heterocycles. The molecule has 0 fully saturated rings. The van der Waals surface area contributed by atoms with Gasteiger partial charge in [-0.1, -0.05) is 23.7 Å². The standard InChI is InChI=1S/C21H15ClN2O4/c22-16-3-1-2-4-17(16)24-21(26)14-7-5-13(6-8-14)20(25)23-15-9-10-18-19(11-15)28-12-27-18/h1-11H,12H2,(H,23,25)(H,24,26). The quantitative estimate of drug-likeness (QED) is 0.679. The number of carbonyl (C=O) groups is 2. The van der Waals surface area contributed by atoms with Crippen molar-refractivity contribution in [3.05, 3.63) is 82.9 Å². The van der Waals surface area contributed by atoms with Gasteiger partial charge in [0.1, 0.15) is 0 Å². The fourth-order valence-corrected chi connectivity index (χ4v) is 2.89. The van der Waals surface area contributed by atoms with Crippen LogP contribution >= 0.6 is 11.6 Å². The highest BCUT2D eigenvalue weighted by atomic mass is 35.5. The minimum atomic E-state index is -0.309. The number of fused-ring (bicyclic) bond motifs is 1. The molecule has 0 spiro atoms. The van der Waals surface area contributed by atoms with Crippen LogP contribution in [0, 0.1) is 0 Å². The summed E-state index contributed by atoms with van der Waals surface area (Å²) in [6.45, 7) is 0.171. The number of anilines is 2. The van der Waals surface area contributed by atoms with Gasteiger partial charge >= 0.3 is 0 Å². The zero-order valence-electron chi connectivity index (χ0n) is 14.6. The molecule has 0 unspecified atom stereocenters. The highest BCUT2D eigenvalue weighted by Gasteiger charge is 2.15. The number of nitrogens with one attached hydrogen (secondary N) is 2. The van der Waals surface area contributed by atoms with Crippen molar-refractivity contribution in [2.75, 3.05) is 17.4 Å². The van der Waals surface area contributed by atoms with E-state index in [0.717, 1.165) is 0 Å². The molecule has 4 rings (SSSR count). The summed E-state index contributed by atoms with van der Waals surface area (Å²) in [5, 5.41) is 5.99. The molecule has 28 heavy (non-hydrogen) atoms. The molecule has 1 aliphatic rings. The van der Waals surface area contributed by atoms with Crippen molar-refractivity contribution in [1.82, 2.24) is 0 Å². The van der Waals surface area contributed by atoms with Gasteiger partial charge in [0.05, 0.1) is 10.7 Å². The number of hydrogen-bond donors (Lipinski definition) is 2. The van der Waals surface area contributed by atoms with Crippen molar-refractivity contribution in [1.29, 1.82) is 0 Å². The lowest BCUT2D eigenvalue weighted by molar-refractivity contribution is 0.101. The molecule has 0 bridgehead atoms. The van der Waals surface area contributed by atoms with Gasteiger partial charge in [-0.15, -0.1) is 0 Å². The summed E-state index contributed by atoms with van der Waals surface area (Å²) in [6, 6.07) is 18.5. The summed E-state index contributed by atoms with van der Waals surface area (Å²) in [6.07, 6.45) is 0. The van der Waals surface area contributed by atoms with Crippen molar-refractivity contribution in [3.63, 3.8) is 0 Å². The Balaban J connectivity index is 1.43. The van der Waals surface area contributed by atoms with Crippen LogP contribution in [0.15, 0.2) is 66.7 Å². The molecule has 140 valence electrons. The lowest BCUT2D eigenvalue weighted by atomic mass is 10.1. The third-order valence-electron chi connectivity index (χ3n) is 4.16. The van der Waals surface area contributed by atoms with Crippen LogP contribution in [0.2, 0.25) is 5.02 Å². The van der Waals surface area contributed by atoms with Gasteiger partial charge in [0.2, 0.25) is 6.79 Å². The molecule has 2 N–H and O–H groups in total. The van der Waals surface area contributed by atoms with E-state index in [2.05, 4.69) is 10.6 Å². The maximum absolute atomic E-state index is 12.4. The molecule has 2 amide bonds. The highest BCUT2D eigenvalue weighted by Crippen LogP contribution is 2.34. The fraction of sp³-hybridized carbons (Fsp3) is 0.0476. The Morgan fingerprint density at radius 2 is 1.43 bits per heavy atom. The largest absolute Gasteiger partial charge is 0.454 e. The van der Waals surface area contributed by atoms with E-state index in [0.29, 0.717) is 39.0 Å². The van der Waals surface area contributed by atoms with Gasteiger partial charge in [-0.25, -0.2) is 0 Å². The summed E-state index contributed by atoms with van der Waals surface area (Å²) in [7, 11) is 0. The average Bonchev–Trinajstić information content (AvgIpc) is 3.17. The Morgan fingerprint density at radius 1 is 0.786 bits per heavy atom. The molecule has 3 aromatic rings. The number of para-hydroxylation sites is 1. The Kier molecular flexibility index (Phi) is 4.87. The van der Waals surface area contributed by atoms with Crippen molar-refractivity contribution < 1.29 is 19.1 Å². The molecule has 0 radical (unpaired) electrons. The predicted octanol–water partition coefficient (Wildman–Crippen LogP) is 4.57. The van der Waals surface area contributed by atoms with Gasteiger partial charge in [-0.3, -0.25) is 9.59 Å². The zero-order valence-corrected chi connectivity index (χ0v) is 15.3. The predicted molar refractivity (Wildman–Crippen MR) is 106 cm³/mol. The Hall–Kier alpha value is -3.51. The van der Waals surface area contributed by atoms with Crippen molar-refractivity contribution in [2.24, 2.45) is 0 Å². The van der Waals surface area contributed by atoms with Gasteiger partial charge in [0, 0.05) is 22.9 Å². The topological polar surface area (TPSA) is 76.7 Å². The molecule has 3 aromatic carbocycles. The van der Waals surface area contributed by atoms with E-state index < -0.39 is 0 Å². The van der Waals surface area contributed by atoms with Gasteiger partial charge < -0.3 is 20.1 Å². The second-order valence-electron chi connectivity index (χ2n) is 6.03. The Bertz CT molecular complexity index is 1050. The van der Waals surface area contributed by atoms with E-state index in [4.69, 9.17) is 21.1 Å². The van der Waals surface area contributed by atoms with Crippen LogP contribution in [0.25, 0.3) is 0 Å². The molecular weight excluding hydrogens is 380 g/mol. The van der Waals surface area contributed by atoms with Crippen LogP contribution in [0.5, 0.6) is 11.5 Å². The van der Waals surface area contributed by atoms with E-state index in [-0.39, 0.29) is 18.6 Å². The first-order chi connectivity index (χ1) is 13.6. The molecule has 7 heteroatoms. The van der Waals surface area contributed by atoms with Crippen LogP contribution < -0.4 is 20.1 Å². The van der Waals surface area contributed by atoms with Crippen LogP contribution in [0.1, 0.15) is 20.7 Å². The third kappa shape index (κ3) is 3.77. The number of rotatable bonds is 4. The molecule has 0 aliphatic carbocycles. The second kappa shape index (κ2) is 7.62. The van der Waals surface area contributed by atoms with Gasteiger partial charge in [0.15, 0.2) is 11.5 Å². The monoisotopic (exact) mass is 394 g/mol. The molecular formula is C21H15ClN2O4. The van der Waals surface area contributed by atoms with Crippen molar-refractivity contribution >= 4 is 34.8 Å². The number of hydrogen-bond acceptors (Lipinski definition) is 4. The summed E-state index contributed by atoms with van der Waals surface area (Å²) in [4.78, 5) is 24.8. The van der Waals surface area contributed by atoms with Crippen LogP contribution in [-0.2, 0) is 0 Å². The number of carbonyl (C=O) groups excluding carboxylic acids is 2. The maximum atomic E-state index is 12.4. The molecule has 1 aliphatic heterocycles. The minimum Gasteiger partial charge on any atom is -0.454 e. The lowest BCUT2D eigenvalue weighted by Crippen LogP contribution is -2.14. The number of benzene rings is 3. The minimum absolute atomic E-state index is 0.171. The Morgan fingerprint density at radius 3 is 2.14 bits per heavy atom. The molecule has 0 atom stereocenters. The summed E-state index contributed by atoms with van der Waals surface area (Å²) in [5.74, 6) is 0.629. The highest BCUT2D eigenvalue weighted by molar-refractivity contribution is 6.33. The third-order valence-corrected chi connectivity index (χ3v) is 4.49. The van der Waals surface area contributed by atoms with E-state index in [1.54, 1.807) is 66.7 Å². The van der Waals surface area contributed by atoms with Crippen LogP contribution in [-0.4, -0.2) is 18.6 Å². The smallest absolute Gasteiger partial charge is 0.255 e. The molecule has 6 nitrogen and oxygen atoms in total. The average molecular weight is 395 g/mol. The van der Waals surface area contributed by atoms with Crippen molar-refractivity contribution in [3.8, 4) is 11.5 Å². The van der Waals surface area contributed by atoms with Crippen LogP contribution in [0.4, 0.5) is 11.4 Å². The Labute approximate surface area is 166 Å². The van der Waals surface area contributed by atoms with E-state index >= 15 is 0 Å². The first kappa shape index (κ1) is 17.9. The van der Waals surface area contributed by atoms with Crippen LogP contribution in [0.3, 0.4) is 0 Å². The zero-order chi connectivity index (χ0) is 19.5. The summed E-state index contributed by atoms with van der Waals surface area (Å²) < 4.78 is 10.5. The first-order valence-electron chi connectivity index (χ1n) is 8.47. The van der Waals surface area contributed by atoms with Crippen molar-refractivity contribution in [2.45, 2.75) is 0 Å². The second-order valence-corrected chi connectivity index (χ2v) is 6.44. The first-order valence-corrected chi connectivity index (χ1v) is 8.85. The molecule has 0 saturated carbocycles. The number of ether oxygens (including phenoxy) is 2. The summed E-state index contributed by atoms with van der Waals surface area (Å²) in [5.41, 5.74) is 1.96. The number of amides is 2. The van der Waals surface area contributed by atoms with E-state index in [1.165, 1.54) is 0 Å². The maximum Gasteiger partial charge on any atom is 0.255 e. The van der Waals surface area contributed by atoms with Gasteiger partial charge in [-0.2, -0.15) is 0 Å². The summed E-state index contributed by atoms with van der Waals surface area (Å²) >= 11 is 6.05.